The van der Waals surface area contributed by atoms with Crippen LogP contribution in [0.2, 0.25) is 0 Å². The van der Waals surface area contributed by atoms with Crippen molar-refractivity contribution < 1.29 is 23.7 Å². The zero-order valence-corrected chi connectivity index (χ0v) is 16.8. The second-order valence-corrected chi connectivity index (χ2v) is 7.27. The molecule has 0 aliphatic carbocycles. The van der Waals surface area contributed by atoms with E-state index in [2.05, 4.69) is 6.92 Å². The zero-order valence-electron chi connectivity index (χ0n) is 16.8. The summed E-state index contributed by atoms with van der Waals surface area (Å²) in [5.41, 5.74) is 1.64. The Hall–Kier alpha value is -2.89. The maximum atomic E-state index is 13.3. The fourth-order valence-electron chi connectivity index (χ4n) is 3.49. The van der Waals surface area contributed by atoms with Gasteiger partial charge in [-0.05, 0) is 42.3 Å². The van der Waals surface area contributed by atoms with Gasteiger partial charge in [0, 0.05) is 25.1 Å². The molecule has 4 rings (SSSR count). The Morgan fingerprint density at radius 3 is 2.31 bits per heavy atom. The van der Waals surface area contributed by atoms with Crippen molar-refractivity contribution in [1.82, 2.24) is 4.90 Å². The van der Waals surface area contributed by atoms with Gasteiger partial charge in [0.15, 0.2) is 23.0 Å². The van der Waals surface area contributed by atoms with Crippen LogP contribution in [-0.2, 0) is 6.54 Å². The minimum absolute atomic E-state index is 0.0102. The van der Waals surface area contributed by atoms with Crippen LogP contribution in [-0.4, -0.2) is 43.8 Å². The molecule has 2 heterocycles. The largest absolute Gasteiger partial charge is 0.490 e. The molecule has 6 nitrogen and oxygen atoms in total. The number of hydrogen-bond donors (Lipinski definition) is 0. The van der Waals surface area contributed by atoms with Crippen LogP contribution in [0.4, 0.5) is 0 Å². The monoisotopic (exact) mass is 397 g/mol. The molecule has 2 aliphatic rings. The smallest absolute Gasteiger partial charge is 0.254 e. The molecule has 2 aromatic rings. The van der Waals surface area contributed by atoms with Gasteiger partial charge in [-0.25, -0.2) is 0 Å². The van der Waals surface area contributed by atoms with Crippen molar-refractivity contribution in [2.45, 2.75) is 32.7 Å². The first-order valence-corrected chi connectivity index (χ1v) is 10.3. The number of amides is 1. The second kappa shape index (κ2) is 9.07. The summed E-state index contributed by atoms with van der Waals surface area (Å²) in [5, 5.41) is 0. The average molecular weight is 397 g/mol. The van der Waals surface area contributed by atoms with E-state index in [1.54, 1.807) is 6.07 Å². The Bertz CT molecular complexity index is 866. The first-order chi connectivity index (χ1) is 14.2. The third-order valence-electron chi connectivity index (χ3n) is 5.04. The highest BCUT2D eigenvalue weighted by molar-refractivity contribution is 5.95. The average Bonchev–Trinajstić information content (AvgIpc) is 3.01. The fourth-order valence-corrected chi connectivity index (χ4v) is 3.49. The maximum absolute atomic E-state index is 13.3. The Kier molecular flexibility index (Phi) is 6.08. The van der Waals surface area contributed by atoms with Crippen molar-refractivity contribution in [1.29, 1.82) is 0 Å². The van der Waals surface area contributed by atoms with Crippen molar-refractivity contribution in [2.24, 2.45) is 0 Å². The quantitative estimate of drug-likeness (QED) is 0.736. The number of ether oxygens (including phenoxy) is 4. The second-order valence-electron chi connectivity index (χ2n) is 7.27. The number of hydrogen-bond acceptors (Lipinski definition) is 5. The van der Waals surface area contributed by atoms with Crippen molar-refractivity contribution in [3.63, 3.8) is 0 Å². The van der Waals surface area contributed by atoms with E-state index in [1.807, 2.05) is 35.2 Å². The molecule has 0 saturated heterocycles. The van der Waals surface area contributed by atoms with E-state index in [0.717, 1.165) is 36.3 Å². The van der Waals surface area contributed by atoms with Crippen LogP contribution in [0.25, 0.3) is 0 Å². The van der Waals surface area contributed by atoms with Gasteiger partial charge in [0.1, 0.15) is 13.2 Å². The molecular formula is C23H27NO5. The molecule has 29 heavy (non-hydrogen) atoms. The lowest BCUT2D eigenvalue weighted by Gasteiger charge is -2.24. The topological polar surface area (TPSA) is 57.2 Å². The highest BCUT2D eigenvalue weighted by Gasteiger charge is 2.20. The molecule has 0 aromatic heterocycles. The number of carbonyl (C=O) groups excluding carboxylic acids is 1. The van der Waals surface area contributed by atoms with Crippen LogP contribution in [0, 0.1) is 0 Å². The van der Waals surface area contributed by atoms with Crippen LogP contribution >= 0.6 is 0 Å². The summed E-state index contributed by atoms with van der Waals surface area (Å²) < 4.78 is 22.7. The van der Waals surface area contributed by atoms with Crippen molar-refractivity contribution in [3.8, 4) is 23.0 Å². The van der Waals surface area contributed by atoms with E-state index < -0.39 is 0 Å². The lowest BCUT2D eigenvalue weighted by molar-refractivity contribution is 0.0740. The molecule has 0 radical (unpaired) electrons. The van der Waals surface area contributed by atoms with E-state index >= 15 is 0 Å². The predicted octanol–water partition coefficient (Wildman–Crippen LogP) is 4.06. The molecule has 6 heteroatoms. The lowest BCUT2D eigenvalue weighted by Crippen LogP contribution is -2.31. The number of carbonyl (C=O) groups is 1. The Morgan fingerprint density at radius 1 is 0.862 bits per heavy atom. The molecule has 0 N–H and O–H groups in total. The molecule has 0 saturated carbocycles. The van der Waals surface area contributed by atoms with Gasteiger partial charge in [-0.1, -0.05) is 19.4 Å². The van der Waals surface area contributed by atoms with Gasteiger partial charge >= 0.3 is 0 Å². The third-order valence-corrected chi connectivity index (χ3v) is 5.04. The van der Waals surface area contributed by atoms with E-state index in [-0.39, 0.29) is 5.91 Å². The molecule has 0 bridgehead atoms. The van der Waals surface area contributed by atoms with Crippen LogP contribution in [0.1, 0.15) is 42.1 Å². The Labute approximate surface area is 171 Å². The van der Waals surface area contributed by atoms with E-state index in [1.165, 1.54) is 0 Å². The highest BCUT2D eigenvalue weighted by Crippen LogP contribution is 2.33. The van der Waals surface area contributed by atoms with Gasteiger partial charge in [-0.3, -0.25) is 4.79 Å². The van der Waals surface area contributed by atoms with Crippen molar-refractivity contribution >= 4 is 5.91 Å². The summed E-state index contributed by atoms with van der Waals surface area (Å²) in [6.45, 7) is 5.68. The summed E-state index contributed by atoms with van der Waals surface area (Å²) >= 11 is 0. The molecule has 154 valence electrons. The zero-order chi connectivity index (χ0) is 20.1. The Morgan fingerprint density at radius 2 is 1.52 bits per heavy atom. The first-order valence-electron chi connectivity index (χ1n) is 10.3. The fraction of sp³-hybridized carbons (Fsp3) is 0.435. The minimum atomic E-state index is -0.0102. The van der Waals surface area contributed by atoms with E-state index in [9.17, 15) is 4.79 Å². The Balaban J connectivity index is 1.54. The summed E-state index contributed by atoms with van der Waals surface area (Å²) in [5.74, 6) is 2.83. The van der Waals surface area contributed by atoms with Crippen LogP contribution in [0.3, 0.4) is 0 Å². The number of fused-ring (bicyclic) bond motifs is 2. The summed E-state index contributed by atoms with van der Waals surface area (Å²) in [4.78, 5) is 15.2. The molecule has 1 amide bonds. The minimum Gasteiger partial charge on any atom is -0.490 e. The predicted molar refractivity (Wildman–Crippen MR) is 109 cm³/mol. The highest BCUT2D eigenvalue weighted by atomic mass is 16.6. The molecule has 0 spiro atoms. The van der Waals surface area contributed by atoms with Gasteiger partial charge in [-0.15, -0.1) is 0 Å². The molecule has 0 atom stereocenters. The SMILES string of the molecule is CCCCN(Cc1ccc2c(c1)OCCO2)C(=O)c1ccc2c(c1)OCCCO2. The molecule has 0 unspecified atom stereocenters. The standard InChI is InChI=1S/C23H27NO5/c1-2-3-9-24(16-17-5-7-19-21(14-17)29-13-12-28-19)23(25)18-6-8-20-22(15-18)27-11-4-10-26-20/h5-8,14-15H,2-4,9-13,16H2,1H3. The van der Waals surface area contributed by atoms with Gasteiger partial charge in [0.2, 0.25) is 0 Å². The van der Waals surface area contributed by atoms with Gasteiger partial charge in [0.25, 0.3) is 5.91 Å². The van der Waals surface area contributed by atoms with Crippen LogP contribution in [0.5, 0.6) is 23.0 Å². The van der Waals surface area contributed by atoms with E-state index in [0.29, 0.717) is 56.6 Å². The first kappa shape index (κ1) is 19.4. The molecule has 0 fully saturated rings. The molecule has 2 aromatic carbocycles. The van der Waals surface area contributed by atoms with E-state index in [4.69, 9.17) is 18.9 Å². The molecular weight excluding hydrogens is 370 g/mol. The van der Waals surface area contributed by atoms with Crippen LogP contribution in [0.15, 0.2) is 36.4 Å². The van der Waals surface area contributed by atoms with Crippen molar-refractivity contribution in [2.75, 3.05) is 33.0 Å². The van der Waals surface area contributed by atoms with Gasteiger partial charge < -0.3 is 23.8 Å². The van der Waals surface area contributed by atoms with Crippen molar-refractivity contribution in [3.05, 3.63) is 47.5 Å². The van der Waals surface area contributed by atoms with Gasteiger partial charge in [0.05, 0.1) is 13.2 Å². The summed E-state index contributed by atoms with van der Waals surface area (Å²) in [6, 6.07) is 11.3. The van der Waals surface area contributed by atoms with Crippen LogP contribution < -0.4 is 18.9 Å². The number of nitrogens with zero attached hydrogens (tertiary/aromatic N) is 1. The normalized spacial score (nSPS) is 14.8. The summed E-state index contributed by atoms with van der Waals surface area (Å²) in [7, 11) is 0. The third kappa shape index (κ3) is 4.58. The number of benzene rings is 2. The summed E-state index contributed by atoms with van der Waals surface area (Å²) in [6.07, 6.45) is 2.80. The lowest BCUT2D eigenvalue weighted by atomic mass is 10.1. The van der Waals surface area contributed by atoms with Gasteiger partial charge in [-0.2, -0.15) is 0 Å². The maximum Gasteiger partial charge on any atom is 0.254 e. The number of unbranched alkanes of at least 4 members (excludes halogenated alkanes) is 1. The molecule has 2 aliphatic heterocycles. The number of rotatable bonds is 6.